The van der Waals surface area contributed by atoms with E-state index in [1.165, 1.54) is 0 Å². The molecule has 0 aliphatic heterocycles. The number of fused-ring (bicyclic) bond motifs is 19. The third-order valence-electron chi connectivity index (χ3n) is 28.2. The largest absolute Gasteiger partial charge is 0.310 e. The van der Waals surface area contributed by atoms with Gasteiger partial charge in [-0.15, -0.1) is 0 Å². The van der Waals surface area contributed by atoms with Crippen molar-refractivity contribution in [2.45, 2.75) is 0 Å². The van der Waals surface area contributed by atoms with Crippen molar-refractivity contribution in [3.8, 4) is 66.8 Å². The van der Waals surface area contributed by atoms with Gasteiger partial charge in [0.1, 0.15) is 0 Å². The van der Waals surface area contributed by atoms with Gasteiger partial charge in [-0.25, -0.2) is 0 Å². The monoisotopic (exact) mass is 1850 g/mol. The van der Waals surface area contributed by atoms with Gasteiger partial charge in [-0.1, -0.05) is 473 Å². The van der Waals surface area contributed by atoms with Crippen molar-refractivity contribution in [3.63, 3.8) is 0 Å². The predicted octanol–water partition coefficient (Wildman–Crippen LogP) is 40.5. The van der Waals surface area contributed by atoms with E-state index in [4.69, 9.17) is 0 Å². The van der Waals surface area contributed by atoms with E-state index in [9.17, 15) is 16.4 Å². The molecule has 0 unspecified atom stereocenters. The highest BCUT2D eigenvalue weighted by molar-refractivity contribution is 6.21. The highest BCUT2D eigenvalue weighted by Gasteiger charge is 2.26. The van der Waals surface area contributed by atoms with Crippen molar-refractivity contribution < 1.29 is 16.4 Å². The number of benzene rings is 28. The molecule has 0 radical (unpaired) electrons. The molecule has 3 heteroatoms. The molecule has 28 rings (SSSR count). The fourth-order valence-corrected chi connectivity index (χ4v) is 21.5. The SMILES string of the molecule is [2H]c1c([2H])c(N(c2ccc(-c3cccc4ccccc34)cc2)c2cc3ccccc3c3ccccc23)c([2H])c([2H])c1-c1cc2ccccc2c2ccccc12.[2H]c1c([2H])c(N(c2cccc(-c3ccccc3)c2)c2cc3ccccc3c3ccccc23)c([2H])c([2H])c1-c1cc2ccccc2c2ccccc12.[2H]c1c([2H])c(N(c2ccccc2-c2ccccc2)c2cc3ccccc3c3ccccc23)c([2H])c([2H])c1-c1cc2ccccc2c2ccccc12. The number of nitrogens with zero attached hydrogens (tertiary/aromatic N) is 3. The van der Waals surface area contributed by atoms with E-state index < -0.39 is 0 Å². The minimum absolute atomic E-state index is 0.0826. The van der Waals surface area contributed by atoms with Crippen LogP contribution < -0.4 is 14.7 Å². The maximum absolute atomic E-state index is 9.74. The molecule has 0 spiro atoms. The Bertz CT molecular complexity index is 10600. The van der Waals surface area contributed by atoms with Gasteiger partial charge in [0.15, 0.2) is 0 Å². The second kappa shape index (κ2) is 37.6. The average molecular weight is 1860 g/mol. The van der Waals surface area contributed by atoms with Crippen molar-refractivity contribution in [2.75, 3.05) is 14.7 Å². The summed E-state index contributed by atoms with van der Waals surface area (Å²) >= 11 is 0. The van der Waals surface area contributed by atoms with Crippen LogP contribution in [0, 0.1) is 0 Å². The molecule has 0 aliphatic rings. The fourth-order valence-electron chi connectivity index (χ4n) is 21.5. The zero-order chi connectivity index (χ0) is 106. The first kappa shape index (κ1) is 74.0. The molecule has 0 amide bonds. The second-order valence-corrected chi connectivity index (χ2v) is 36.6. The Labute approximate surface area is 859 Å². The lowest BCUT2D eigenvalue weighted by Gasteiger charge is -2.30. The van der Waals surface area contributed by atoms with Gasteiger partial charge < -0.3 is 14.7 Å². The van der Waals surface area contributed by atoms with Crippen molar-refractivity contribution in [1.82, 2.24) is 0 Å². The minimum atomic E-state index is -0.108. The Morgan fingerprint density at radius 2 is 0.366 bits per heavy atom. The number of hydrogen-bond acceptors (Lipinski definition) is 3. The molecule has 0 aliphatic carbocycles. The molecule has 0 saturated heterocycles. The first-order valence-electron chi connectivity index (χ1n) is 55.0. The lowest BCUT2D eigenvalue weighted by molar-refractivity contribution is 1.30. The van der Waals surface area contributed by atoms with Crippen LogP contribution >= 0.6 is 0 Å². The van der Waals surface area contributed by atoms with E-state index in [0.717, 1.165) is 208 Å². The molecule has 678 valence electrons. The molecule has 0 aromatic heterocycles. The van der Waals surface area contributed by atoms with Crippen LogP contribution in [0.3, 0.4) is 0 Å². The van der Waals surface area contributed by atoms with Crippen LogP contribution in [0.15, 0.2) is 576 Å². The lowest BCUT2D eigenvalue weighted by Crippen LogP contribution is -2.12. The number of para-hydroxylation sites is 1. The van der Waals surface area contributed by atoms with Crippen molar-refractivity contribution in [2.24, 2.45) is 0 Å². The van der Waals surface area contributed by atoms with Crippen LogP contribution in [-0.4, -0.2) is 0 Å². The van der Waals surface area contributed by atoms with Crippen molar-refractivity contribution >= 4 is 191 Å². The third kappa shape index (κ3) is 16.1. The Morgan fingerprint density at radius 1 is 0.110 bits per heavy atom. The van der Waals surface area contributed by atoms with E-state index in [1.807, 2.05) is 306 Å². The highest BCUT2D eigenvalue weighted by Crippen LogP contribution is 2.51. The molecular weight excluding hydrogens is 1750 g/mol. The van der Waals surface area contributed by atoms with Crippen molar-refractivity contribution in [3.05, 3.63) is 576 Å². The highest BCUT2D eigenvalue weighted by atomic mass is 15.2. The van der Waals surface area contributed by atoms with Gasteiger partial charge in [0.2, 0.25) is 0 Å². The maximum atomic E-state index is 9.74. The Balaban J connectivity index is 0.000000117. The summed E-state index contributed by atoms with van der Waals surface area (Å²) in [7, 11) is 0. The van der Waals surface area contributed by atoms with E-state index in [-0.39, 0.29) is 106 Å². The van der Waals surface area contributed by atoms with Gasteiger partial charge >= 0.3 is 0 Å². The third-order valence-corrected chi connectivity index (χ3v) is 28.2. The molecule has 28 aromatic rings. The molecule has 0 bridgehead atoms. The van der Waals surface area contributed by atoms with Gasteiger partial charge in [0.05, 0.1) is 39.2 Å². The van der Waals surface area contributed by atoms with Crippen LogP contribution in [0.4, 0.5) is 51.2 Å². The topological polar surface area (TPSA) is 9.72 Å². The summed E-state index contributed by atoms with van der Waals surface area (Å²) in [5.74, 6) is 0. The summed E-state index contributed by atoms with van der Waals surface area (Å²) in [5.41, 5.74) is 14.1. The summed E-state index contributed by atoms with van der Waals surface area (Å²) < 4.78 is 116. The Hall–Kier alpha value is -19.1. The van der Waals surface area contributed by atoms with E-state index in [1.54, 1.807) is 0 Å². The van der Waals surface area contributed by atoms with E-state index in [2.05, 4.69) is 212 Å². The van der Waals surface area contributed by atoms with Gasteiger partial charge in [0.25, 0.3) is 0 Å². The summed E-state index contributed by atoms with van der Waals surface area (Å²) in [6.45, 7) is 0. The van der Waals surface area contributed by atoms with Crippen LogP contribution in [0.5, 0.6) is 0 Å². The normalized spacial score (nSPS) is 12.6. The smallest absolute Gasteiger partial charge is 0.0645 e. The van der Waals surface area contributed by atoms with Gasteiger partial charge in [-0.3, -0.25) is 0 Å². The second-order valence-electron chi connectivity index (χ2n) is 36.6. The Kier molecular flexibility index (Phi) is 19.2. The zero-order valence-corrected chi connectivity index (χ0v) is 78.8. The standard InChI is InChI=1S/C50H33N.2C46H31N/c1-4-16-41-34(12-1)15-11-23-42(41)35-24-28-39(29-25-35)51(50-33-38-14-3-6-18-44(38)46-20-9-10-22-48(46)50)40-30-26-36(27-31-40)49-32-37-13-2-5-17-43(37)45-19-7-8-21-47(45)49;1-2-14-32(15-3-1)39-20-12-13-25-45(39)47(46-31-35-17-5-7-19-38(35)41-22-10-11-24-43(41)46)36-28-26-33(27-29-36)44-30-34-16-4-6-18-37(34)40-21-8-9-23-42(40)44;1-2-13-32(14-3-1)34-17-12-18-38(29-34)47(46-31-36-16-5-7-20-40(36)42-22-10-11-24-44(42)46)37-27-25-33(26-28-37)45-30-35-15-4-6-19-39(35)41-21-8-9-23-43(41)45/h1-33H;2*1-31H/i26D,27D,30D,31D;26D,27D,28D,29D;25D,26D,27D,28D. The summed E-state index contributed by atoms with van der Waals surface area (Å²) in [6, 6.07) is 168. The molecule has 145 heavy (non-hydrogen) atoms. The summed E-state index contributed by atoms with van der Waals surface area (Å²) in [4.78, 5) is 5.79. The first-order chi connectivity index (χ1) is 77.0. The number of rotatable bonds is 15. The van der Waals surface area contributed by atoms with E-state index >= 15 is 0 Å². The first-order valence-corrected chi connectivity index (χ1v) is 49.0. The quantitative estimate of drug-likeness (QED) is 0.0947. The van der Waals surface area contributed by atoms with Crippen LogP contribution in [0.2, 0.25) is 0 Å². The minimum Gasteiger partial charge on any atom is -0.310 e. The molecular formula is C142H95N3. The van der Waals surface area contributed by atoms with Crippen LogP contribution in [0.1, 0.15) is 16.4 Å². The number of hydrogen-bond donors (Lipinski definition) is 0. The summed E-state index contributed by atoms with van der Waals surface area (Å²) in [6.07, 6.45) is 0. The predicted molar refractivity (Wildman–Crippen MR) is 624 cm³/mol. The number of anilines is 9. The molecule has 0 heterocycles. The van der Waals surface area contributed by atoms with Crippen LogP contribution in [0.25, 0.3) is 207 Å². The van der Waals surface area contributed by atoms with E-state index in [0.29, 0.717) is 16.7 Å². The molecule has 0 N–H and O–H groups in total. The molecule has 28 aromatic carbocycles. The molecule has 3 nitrogen and oxygen atoms in total. The maximum Gasteiger partial charge on any atom is 0.0645 e. The van der Waals surface area contributed by atoms with Gasteiger partial charge in [0, 0.05) is 50.2 Å². The van der Waals surface area contributed by atoms with Gasteiger partial charge in [-0.2, -0.15) is 0 Å². The molecule has 0 atom stereocenters. The van der Waals surface area contributed by atoms with Crippen LogP contribution in [-0.2, 0) is 0 Å². The molecule has 0 saturated carbocycles. The summed E-state index contributed by atoms with van der Waals surface area (Å²) in [5, 5.41) is 26.5. The fraction of sp³-hybridized carbons (Fsp3) is 0. The van der Waals surface area contributed by atoms with Gasteiger partial charge in [-0.05, 0) is 288 Å². The Morgan fingerprint density at radius 3 is 0.759 bits per heavy atom. The molecule has 0 fully saturated rings. The van der Waals surface area contributed by atoms with Crippen molar-refractivity contribution in [1.29, 1.82) is 0 Å². The zero-order valence-electron chi connectivity index (χ0n) is 90.8. The lowest BCUT2D eigenvalue weighted by atomic mass is 9.93. The average Bonchev–Trinajstić information content (AvgIpc) is 0.728.